The minimum atomic E-state index is -3.30. The first-order chi connectivity index (χ1) is 15.6. The molecule has 4 aliphatic carbocycles. The smallest absolute Gasteiger partial charge is 0.407 e. The van der Waals surface area contributed by atoms with Crippen LogP contribution < -0.4 is 5.32 Å². The van der Waals surface area contributed by atoms with Crippen molar-refractivity contribution in [1.82, 2.24) is 10.3 Å². The molecule has 4 saturated carbocycles. The van der Waals surface area contributed by atoms with Crippen LogP contribution in [0.3, 0.4) is 0 Å². The van der Waals surface area contributed by atoms with Gasteiger partial charge in [-0.3, -0.25) is 0 Å². The Labute approximate surface area is 200 Å². The molecule has 0 spiro atoms. The van der Waals surface area contributed by atoms with Gasteiger partial charge in [0.25, 0.3) is 0 Å². The van der Waals surface area contributed by atoms with E-state index >= 15 is 0 Å². The number of carbonyl (C=O) groups is 1. The normalized spacial score (nSPS) is 27.0. The zero-order valence-corrected chi connectivity index (χ0v) is 21.2. The van der Waals surface area contributed by atoms with Crippen LogP contribution in [0.4, 0.5) is 4.79 Å². The summed E-state index contributed by atoms with van der Waals surface area (Å²) in [6.45, 7) is 5.66. The first-order valence-electron chi connectivity index (χ1n) is 11.9. The third-order valence-corrected chi connectivity index (χ3v) is 11.2. The Hall–Kier alpha value is -1.93. The summed E-state index contributed by atoms with van der Waals surface area (Å²) < 4.78 is 31.5. The number of aryl methyl sites for hydroxylation is 1. The van der Waals surface area contributed by atoms with E-state index in [1.807, 2.05) is 45.2 Å². The number of nitrogens with zero attached hydrogens (tertiary/aromatic N) is 1. The molecule has 1 N–H and O–H groups in total. The van der Waals surface area contributed by atoms with Gasteiger partial charge < -0.3 is 10.1 Å². The molecule has 1 heterocycles. The van der Waals surface area contributed by atoms with E-state index in [0.29, 0.717) is 4.90 Å². The van der Waals surface area contributed by atoms with Crippen molar-refractivity contribution in [3.05, 3.63) is 35.0 Å². The van der Waals surface area contributed by atoms with Gasteiger partial charge in [0.15, 0.2) is 9.84 Å². The highest BCUT2D eigenvalue weighted by Crippen LogP contribution is 2.55. The predicted octanol–water partition coefficient (Wildman–Crippen LogP) is 5.53. The third-order valence-electron chi connectivity index (χ3n) is 7.59. The Balaban J connectivity index is 1.38. The van der Waals surface area contributed by atoms with Crippen molar-refractivity contribution in [1.29, 1.82) is 0 Å². The van der Waals surface area contributed by atoms with E-state index in [-0.39, 0.29) is 28.4 Å². The average Bonchev–Trinajstić information content (AvgIpc) is 3.52. The largest absolute Gasteiger partial charge is 0.447 e. The monoisotopic (exact) mass is 488 g/mol. The fourth-order valence-corrected chi connectivity index (χ4v) is 8.67. The summed E-state index contributed by atoms with van der Waals surface area (Å²) in [6, 6.07) is 5.74. The summed E-state index contributed by atoms with van der Waals surface area (Å²) in [5.41, 5.74) is 1.59. The fourth-order valence-electron chi connectivity index (χ4n) is 5.42. The van der Waals surface area contributed by atoms with Crippen LogP contribution in [-0.2, 0) is 20.0 Å². The van der Waals surface area contributed by atoms with Gasteiger partial charge in [0.05, 0.1) is 26.1 Å². The third kappa shape index (κ3) is 4.20. The van der Waals surface area contributed by atoms with Gasteiger partial charge in [-0.1, -0.05) is 12.1 Å². The molecule has 178 valence electrons. The van der Waals surface area contributed by atoms with Gasteiger partial charge in [0, 0.05) is 22.7 Å². The van der Waals surface area contributed by atoms with Gasteiger partial charge in [0.2, 0.25) is 0 Å². The minimum Gasteiger partial charge on any atom is -0.447 e. The SMILES string of the molecule is Cc1ccc(-c2cnc(C34CCC(NC(=O)OC(C)C)(CC3)CC4)s2)c(S(=O)(=O)C2CC2)c1. The lowest BCUT2D eigenvalue weighted by Crippen LogP contribution is -2.58. The zero-order valence-electron chi connectivity index (χ0n) is 19.5. The Kier molecular flexibility index (Phi) is 5.59. The maximum absolute atomic E-state index is 13.1. The summed E-state index contributed by atoms with van der Waals surface area (Å²) in [7, 11) is -3.30. The fraction of sp³-hybridized carbons (Fsp3) is 0.600. The standard InChI is InChI=1S/C25H32N2O4S2/c1-16(2)31-23(28)27-25-11-8-24(9-12-25,10-13-25)22-26-15-20(32-22)19-7-4-17(3)14-21(19)33(29,30)18-5-6-18/h4,7,14-16,18H,5-6,8-13H2,1-3H3,(H,27,28). The van der Waals surface area contributed by atoms with Crippen LogP contribution in [0.25, 0.3) is 10.4 Å². The highest BCUT2D eigenvalue weighted by Gasteiger charge is 2.51. The van der Waals surface area contributed by atoms with Crippen LogP contribution in [-0.4, -0.2) is 36.4 Å². The van der Waals surface area contributed by atoms with Crippen LogP contribution in [0.5, 0.6) is 0 Å². The van der Waals surface area contributed by atoms with Crippen LogP contribution in [0.15, 0.2) is 29.3 Å². The number of fused-ring (bicyclic) bond motifs is 3. The number of ether oxygens (including phenoxy) is 1. The summed E-state index contributed by atoms with van der Waals surface area (Å²) in [5.74, 6) is 0. The number of hydrogen-bond donors (Lipinski definition) is 1. The lowest BCUT2D eigenvalue weighted by atomic mass is 9.57. The first kappa shape index (κ1) is 22.8. The second kappa shape index (κ2) is 8.08. The van der Waals surface area contributed by atoms with Gasteiger partial charge >= 0.3 is 6.09 Å². The quantitative estimate of drug-likeness (QED) is 0.577. The van der Waals surface area contributed by atoms with Crippen molar-refractivity contribution in [3.8, 4) is 10.4 Å². The number of amides is 1. The van der Waals surface area contributed by atoms with E-state index in [1.54, 1.807) is 11.3 Å². The molecule has 6 rings (SSSR count). The lowest BCUT2D eigenvalue weighted by molar-refractivity contribution is 0.0560. The number of sulfone groups is 1. The van der Waals surface area contributed by atoms with Crippen molar-refractivity contribution in [3.63, 3.8) is 0 Å². The first-order valence-corrected chi connectivity index (χ1v) is 14.3. The van der Waals surface area contributed by atoms with E-state index in [2.05, 4.69) is 5.32 Å². The molecule has 8 heteroatoms. The van der Waals surface area contributed by atoms with Crippen molar-refractivity contribution >= 4 is 27.3 Å². The van der Waals surface area contributed by atoms with E-state index in [0.717, 1.165) is 72.4 Å². The molecular formula is C25H32N2O4S2. The highest BCUT2D eigenvalue weighted by atomic mass is 32.2. The Bertz CT molecular complexity index is 1160. The maximum atomic E-state index is 13.1. The number of benzene rings is 1. The van der Waals surface area contributed by atoms with E-state index in [9.17, 15) is 13.2 Å². The van der Waals surface area contributed by atoms with Crippen LogP contribution in [0.2, 0.25) is 0 Å². The molecule has 1 aromatic heterocycles. The zero-order chi connectivity index (χ0) is 23.4. The van der Waals surface area contributed by atoms with Gasteiger partial charge in [-0.15, -0.1) is 11.3 Å². The van der Waals surface area contributed by atoms with Gasteiger partial charge in [-0.2, -0.15) is 0 Å². The molecule has 0 radical (unpaired) electrons. The van der Waals surface area contributed by atoms with Crippen LogP contribution in [0, 0.1) is 6.92 Å². The Morgan fingerprint density at radius 2 is 1.82 bits per heavy atom. The Morgan fingerprint density at radius 3 is 2.42 bits per heavy atom. The van der Waals surface area contributed by atoms with Crippen molar-refractivity contribution < 1.29 is 17.9 Å². The number of hydrogen-bond acceptors (Lipinski definition) is 6. The second-order valence-corrected chi connectivity index (χ2v) is 13.6. The molecule has 33 heavy (non-hydrogen) atoms. The molecule has 1 aromatic carbocycles. The molecule has 1 amide bonds. The molecular weight excluding hydrogens is 456 g/mol. The molecule has 4 aliphatic rings. The number of thiazole rings is 1. The molecule has 0 saturated heterocycles. The average molecular weight is 489 g/mol. The van der Waals surface area contributed by atoms with E-state index in [4.69, 9.17) is 9.72 Å². The molecule has 4 fully saturated rings. The number of nitrogens with one attached hydrogen (secondary N) is 1. The van der Waals surface area contributed by atoms with Gasteiger partial charge in [0.1, 0.15) is 0 Å². The Morgan fingerprint density at radius 1 is 1.15 bits per heavy atom. The molecule has 0 unspecified atom stereocenters. The van der Waals surface area contributed by atoms with E-state index in [1.165, 1.54) is 0 Å². The van der Waals surface area contributed by atoms with Crippen molar-refractivity contribution in [2.45, 2.75) is 99.3 Å². The van der Waals surface area contributed by atoms with Crippen molar-refractivity contribution in [2.24, 2.45) is 0 Å². The number of alkyl carbamates (subject to hydrolysis) is 1. The van der Waals surface area contributed by atoms with Crippen LogP contribution in [0.1, 0.15) is 75.8 Å². The molecule has 2 bridgehead atoms. The number of carbonyl (C=O) groups excluding carboxylic acids is 1. The highest BCUT2D eigenvalue weighted by molar-refractivity contribution is 7.92. The second-order valence-electron chi connectivity index (χ2n) is 10.4. The molecule has 6 nitrogen and oxygen atoms in total. The van der Waals surface area contributed by atoms with Crippen molar-refractivity contribution in [2.75, 3.05) is 0 Å². The van der Waals surface area contributed by atoms with Gasteiger partial charge in [-0.25, -0.2) is 18.2 Å². The molecule has 2 aromatic rings. The maximum Gasteiger partial charge on any atom is 0.407 e. The number of aromatic nitrogens is 1. The topological polar surface area (TPSA) is 85.4 Å². The summed E-state index contributed by atoms with van der Waals surface area (Å²) in [5, 5.41) is 4.02. The predicted molar refractivity (Wildman–Crippen MR) is 129 cm³/mol. The molecule has 0 atom stereocenters. The summed E-state index contributed by atoms with van der Waals surface area (Å²) >= 11 is 1.64. The number of rotatable bonds is 6. The van der Waals surface area contributed by atoms with Gasteiger partial charge in [-0.05, 0) is 83.8 Å². The minimum absolute atomic E-state index is 0.0223. The van der Waals surface area contributed by atoms with E-state index < -0.39 is 9.84 Å². The molecule has 0 aliphatic heterocycles. The van der Waals surface area contributed by atoms with Crippen LogP contribution >= 0.6 is 11.3 Å². The summed E-state index contributed by atoms with van der Waals surface area (Å²) in [4.78, 5) is 18.4. The lowest BCUT2D eigenvalue weighted by Gasteiger charge is -2.52. The summed E-state index contributed by atoms with van der Waals surface area (Å²) in [6.07, 6.45) is 8.61.